The normalized spacial score (nSPS) is 12.9. The van der Waals surface area contributed by atoms with Crippen molar-refractivity contribution in [1.82, 2.24) is 4.98 Å². The predicted octanol–water partition coefficient (Wildman–Crippen LogP) is 0.985. The van der Waals surface area contributed by atoms with Gasteiger partial charge in [0.15, 0.2) is 0 Å². The molecular formula is C9H14N2O. The SMILES string of the molecule is Cc1ccc(O)c(CC(C)N)n1. The number of nitrogens with two attached hydrogens (primary N) is 1. The first-order valence-corrected chi connectivity index (χ1v) is 4.00. The summed E-state index contributed by atoms with van der Waals surface area (Å²) in [6.45, 7) is 3.79. The molecular weight excluding hydrogens is 152 g/mol. The average molecular weight is 166 g/mol. The molecule has 1 unspecified atom stereocenters. The number of rotatable bonds is 2. The lowest BCUT2D eigenvalue weighted by Crippen LogP contribution is -2.18. The fraction of sp³-hybridized carbons (Fsp3) is 0.444. The number of nitrogens with zero attached hydrogens (tertiary/aromatic N) is 1. The van der Waals surface area contributed by atoms with Crippen molar-refractivity contribution in [2.45, 2.75) is 26.3 Å². The van der Waals surface area contributed by atoms with Gasteiger partial charge in [0.05, 0.1) is 5.69 Å². The van der Waals surface area contributed by atoms with Crippen LogP contribution in [0.4, 0.5) is 0 Å². The molecule has 1 aromatic rings. The molecule has 3 nitrogen and oxygen atoms in total. The van der Waals surface area contributed by atoms with E-state index in [-0.39, 0.29) is 11.8 Å². The Labute approximate surface area is 72.2 Å². The van der Waals surface area contributed by atoms with E-state index in [1.807, 2.05) is 13.8 Å². The van der Waals surface area contributed by atoms with Crippen LogP contribution in [0.3, 0.4) is 0 Å². The molecule has 1 heterocycles. The van der Waals surface area contributed by atoms with Gasteiger partial charge in [-0.2, -0.15) is 0 Å². The molecule has 0 saturated carbocycles. The number of hydrogen-bond acceptors (Lipinski definition) is 3. The zero-order chi connectivity index (χ0) is 9.14. The van der Waals surface area contributed by atoms with Gasteiger partial charge >= 0.3 is 0 Å². The average Bonchev–Trinajstić information content (AvgIpc) is 1.96. The Kier molecular flexibility index (Phi) is 2.65. The molecule has 0 radical (unpaired) electrons. The molecule has 0 aliphatic rings. The van der Waals surface area contributed by atoms with Crippen LogP contribution in [0.5, 0.6) is 5.75 Å². The molecule has 0 saturated heterocycles. The number of aromatic nitrogens is 1. The Morgan fingerprint density at radius 1 is 1.58 bits per heavy atom. The fourth-order valence-corrected chi connectivity index (χ4v) is 1.06. The predicted molar refractivity (Wildman–Crippen MR) is 48.0 cm³/mol. The van der Waals surface area contributed by atoms with E-state index in [1.54, 1.807) is 12.1 Å². The largest absolute Gasteiger partial charge is 0.506 e. The molecule has 3 N–H and O–H groups in total. The van der Waals surface area contributed by atoms with Crippen LogP contribution in [-0.2, 0) is 6.42 Å². The lowest BCUT2D eigenvalue weighted by Gasteiger charge is -2.06. The zero-order valence-corrected chi connectivity index (χ0v) is 7.41. The van der Waals surface area contributed by atoms with E-state index >= 15 is 0 Å². The molecule has 1 atom stereocenters. The maximum atomic E-state index is 9.37. The van der Waals surface area contributed by atoms with E-state index in [1.165, 1.54) is 0 Å². The van der Waals surface area contributed by atoms with Crippen LogP contribution in [0.15, 0.2) is 12.1 Å². The fourth-order valence-electron chi connectivity index (χ4n) is 1.06. The molecule has 0 fully saturated rings. The lowest BCUT2D eigenvalue weighted by atomic mass is 10.1. The zero-order valence-electron chi connectivity index (χ0n) is 7.41. The number of pyridine rings is 1. The summed E-state index contributed by atoms with van der Waals surface area (Å²) < 4.78 is 0. The van der Waals surface area contributed by atoms with Gasteiger partial charge in [-0.15, -0.1) is 0 Å². The smallest absolute Gasteiger partial charge is 0.137 e. The van der Waals surface area contributed by atoms with Crippen molar-refractivity contribution in [2.24, 2.45) is 5.73 Å². The van der Waals surface area contributed by atoms with Gasteiger partial charge in [0.25, 0.3) is 0 Å². The summed E-state index contributed by atoms with van der Waals surface area (Å²) in [5.74, 6) is 0.234. The van der Waals surface area contributed by atoms with Gasteiger partial charge in [0.1, 0.15) is 5.75 Å². The van der Waals surface area contributed by atoms with Gasteiger partial charge in [-0.05, 0) is 26.0 Å². The second-order valence-electron chi connectivity index (χ2n) is 3.10. The highest BCUT2D eigenvalue weighted by Gasteiger charge is 2.04. The Hall–Kier alpha value is -1.09. The topological polar surface area (TPSA) is 59.1 Å². The van der Waals surface area contributed by atoms with Crippen LogP contribution in [0.1, 0.15) is 18.3 Å². The van der Waals surface area contributed by atoms with Gasteiger partial charge in [-0.1, -0.05) is 0 Å². The number of aryl methyl sites for hydroxylation is 1. The quantitative estimate of drug-likeness (QED) is 0.688. The van der Waals surface area contributed by atoms with Crippen LogP contribution in [-0.4, -0.2) is 16.1 Å². The summed E-state index contributed by atoms with van der Waals surface area (Å²) in [5.41, 5.74) is 7.18. The summed E-state index contributed by atoms with van der Waals surface area (Å²) in [6, 6.07) is 3.46. The minimum Gasteiger partial charge on any atom is -0.506 e. The molecule has 0 amide bonds. The molecule has 0 aliphatic heterocycles. The Morgan fingerprint density at radius 3 is 2.83 bits per heavy atom. The number of aromatic hydroxyl groups is 1. The Morgan fingerprint density at radius 2 is 2.25 bits per heavy atom. The summed E-state index contributed by atoms with van der Waals surface area (Å²) >= 11 is 0. The Bertz CT molecular complexity index is 271. The van der Waals surface area contributed by atoms with Gasteiger partial charge in [-0.25, -0.2) is 0 Å². The van der Waals surface area contributed by atoms with Gasteiger partial charge in [0, 0.05) is 18.2 Å². The van der Waals surface area contributed by atoms with Crippen molar-refractivity contribution in [2.75, 3.05) is 0 Å². The molecule has 0 aromatic carbocycles. The van der Waals surface area contributed by atoms with Crippen molar-refractivity contribution < 1.29 is 5.11 Å². The highest BCUT2D eigenvalue weighted by molar-refractivity contribution is 5.28. The third-order valence-electron chi connectivity index (χ3n) is 1.60. The van der Waals surface area contributed by atoms with Gasteiger partial charge in [0.2, 0.25) is 0 Å². The molecule has 0 bridgehead atoms. The van der Waals surface area contributed by atoms with Crippen LogP contribution in [0.2, 0.25) is 0 Å². The van der Waals surface area contributed by atoms with Crippen LogP contribution in [0.25, 0.3) is 0 Å². The summed E-state index contributed by atoms with van der Waals surface area (Å²) in [5, 5.41) is 9.37. The minimum atomic E-state index is 0.0326. The van der Waals surface area contributed by atoms with Gasteiger partial charge in [-0.3, -0.25) is 4.98 Å². The summed E-state index contributed by atoms with van der Waals surface area (Å²) in [6.07, 6.45) is 0.619. The van der Waals surface area contributed by atoms with Crippen molar-refractivity contribution in [3.05, 3.63) is 23.5 Å². The first kappa shape index (κ1) is 9.00. The lowest BCUT2D eigenvalue weighted by molar-refractivity contribution is 0.460. The first-order valence-electron chi connectivity index (χ1n) is 4.00. The first-order chi connectivity index (χ1) is 5.59. The molecule has 0 aliphatic carbocycles. The third kappa shape index (κ3) is 2.20. The molecule has 66 valence electrons. The second kappa shape index (κ2) is 3.54. The summed E-state index contributed by atoms with van der Waals surface area (Å²) in [4.78, 5) is 4.18. The van der Waals surface area contributed by atoms with Crippen LogP contribution in [0, 0.1) is 6.92 Å². The third-order valence-corrected chi connectivity index (χ3v) is 1.60. The van der Waals surface area contributed by atoms with E-state index < -0.39 is 0 Å². The molecule has 1 aromatic heterocycles. The van der Waals surface area contributed by atoms with Crippen molar-refractivity contribution in [3.63, 3.8) is 0 Å². The van der Waals surface area contributed by atoms with E-state index in [2.05, 4.69) is 4.98 Å². The minimum absolute atomic E-state index is 0.0326. The highest BCUT2D eigenvalue weighted by atomic mass is 16.3. The van der Waals surface area contributed by atoms with Gasteiger partial charge < -0.3 is 10.8 Å². The molecule has 0 spiro atoms. The van der Waals surface area contributed by atoms with Crippen molar-refractivity contribution >= 4 is 0 Å². The maximum absolute atomic E-state index is 9.37. The van der Waals surface area contributed by atoms with Crippen LogP contribution < -0.4 is 5.73 Å². The van der Waals surface area contributed by atoms with Crippen molar-refractivity contribution in [1.29, 1.82) is 0 Å². The molecule has 1 rings (SSSR count). The highest BCUT2D eigenvalue weighted by Crippen LogP contribution is 2.15. The Balaban J connectivity index is 2.90. The molecule has 12 heavy (non-hydrogen) atoms. The maximum Gasteiger partial charge on any atom is 0.137 e. The van der Waals surface area contributed by atoms with E-state index in [0.717, 1.165) is 5.69 Å². The van der Waals surface area contributed by atoms with E-state index in [4.69, 9.17) is 5.73 Å². The van der Waals surface area contributed by atoms with E-state index in [9.17, 15) is 5.11 Å². The van der Waals surface area contributed by atoms with Crippen molar-refractivity contribution in [3.8, 4) is 5.75 Å². The summed E-state index contributed by atoms with van der Waals surface area (Å²) in [7, 11) is 0. The van der Waals surface area contributed by atoms with E-state index in [0.29, 0.717) is 12.1 Å². The second-order valence-corrected chi connectivity index (χ2v) is 3.10. The monoisotopic (exact) mass is 166 g/mol. The number of hydrogen-bond donors (Lipinski definition) is 2. The van der Waals surface area contributed by atoms with Crippen LogP contribution >= 0.6 is 0 Å². The standard InChI is InChI=1S/C9H14N2O/c1-6(10)5-8-9(12)4-3-7(2)11-8/h3-4,6,12H,5,10H2,1-2H3. The molecule has 3 heteroatoms.